The molecule has 270 valence electrons. The number of carbonyl (C=O) groups excluding carboxylic acids is 2. The summed E-state index contributed by atoms with van der Waals surface area (Å²) < 4.78 is 0. The van der Waals surface area contributed by atoms with Crippen molar-refractivity contribution < 1.29 is 9.59 Å². The van der Waals surface area contributed by atoms with E-state index < -0.39 is 0 Å². The maximum absolute atomic E-state index is 13.4. The fraction of sp³-hybridized carbons (Fsp3) is 0.0500. The highest BCUT2D eigenvalue weighted by molar-refractivity contribution is 7.80. The minimum Gasteiger partial charge on any atom is -0.361 e. The summed E-state index contributed by atoms with van der Waals surface area (Å²) in [5.74, 6) is -1.03. The van der Waals surface area contributed by atoms with Crippen molar-refractivity contribution in [3.05, 3.63) is 165 Å². The summed E-state index contributed by atoms with van der Waals surface area (Å²) >= 11 is 23.2. The molecule has 0 aliphatic rings. The maximum Gasteiger partial charge on any atom is 0.269 e. The lowest BCUT2D eigenvalue weighted by Crippen LogP contribution is -2.43. The lowest BCUT2D eigenvalue weighted by atomic mass is 9.84. The molecule has 0 aliphatic carbocycles. The molecule has 8 N–H and O–H groups in total. The summed E-state index contributed by atoms with van der Waals surface area (Å²) in [7, 11) is 0. The van der Waals surface area contributed by atoms with E-state index in [0.29, 0.717) is 32.5 Å². The molecule has 5 aromatic carbocycles. The Labute approximate surface area is 331 Å². The summed E-state index contributed by atoms with van der Waals surface area (Å²) in [6.07, 6.45) is 3.92. The third-order valence-electron chi connectivity index (χ3n) is 8.81. The highest BCUT2D eigenvalue weighted by atomic mass is 35.5. The molecule has 0 bridgehead atoms. The third kappa shape index (κ3) is 8.02. The Kier molecular flexibility index (Phi) is 10.8. The Hall–Kier alpha value is -5.92. The van der Waals surface area contributed by atoms with Crippen molar-refractivity contribution in [3.63, 3.8) is 0 Å². The van der Waals surface area contributed by atoms with Crippen molar-refractivity contribution in [2.45, 2.75) is 12.8 Å². The molecule has 0 spiro atoms. The van der Waals surface area contributed by atoms with Crippen molar-refractivity contribution in [2.24, 2.45) is 0 Å². The summed E-state index contributed by atoms with van der Waals surface area (Å²) in [4.78, 5) is 33.5. The second-order valence-electron chi connectivity index (χ2n) is 12.4. The first-order valence-electron chi connectivity index (χ1n) is 16.7. The highest BCUT2D eigenvalue weighted by Crippen LogP contribution is 2.40. The van der Waals surface area contributed by atoms with Crippen LogP contribution in [0.5, 0.6) is 0 Å². The SMILES string of the molecule is Cc1ccc(C(c2c[nH]c3ccc(C(=O)NNC(=S)Nc4ccccc4Cl)cc23)c2c[nH]c3ccc(C(=O)NNC(=S)Nc4ccccc4Cl)cc23)cc1. The van der Waals surface area contributed by atoms with Crippen LogP contribution in [0.15, 0.2) is 122 Å². The first-order valence-corrected chi connectivity index (χ1v) is 18.2. The van der Waals surface area contributed by atoms with Gasteiger partial charge in [0.2, 0.25) is 0 Å². The second-order valence-corrected chi connectivity index (χ2v) is 14.0. The zero-order valence-corrected chi connectivity index (χ0v) is 31.7. The standard InChI is InChI=1S/C40H32Cl2N8O2S2/c1-22-10-12-23(13-11-22)36(28-20-43-32-16-14-24(18-26(28)32)37(51)47-49-39(53)45-34-8-4-2-6-30(34)41)29-21-44-33-17-15-25(19-27(29)33)38(52)48-50-40(54)46-35-9-5-3-7-31(35)42/h2-21,36,43-44H,1H3,(H,47,51)(H,48,52)(H2,45,49,53)(H2,46,50,54). The molecule has 0 saturated carbocycles. The number of hydrogen-bond acceptors (Lipinski definition) is 4. The normalized spacial score (nSPS) is 11.0. The number of benzene rings is 5. The van der Waals surface area contributed by atoms with Crippen molar-refractivity contribution in [3.8, 4) is 0 Å². The van der Waals surface area contributed by atoms with Crippen molar-refractivity contribution >= 4 is 103 Å². The molecule has 7 rings (SSSR count). The van der Waals surface area contributed by atoms with Gasteiger partial charge in [0.05, 0.1) is 21.4 Å². The fourth-order valence-corrected chi connectivity index (χ4v) is 6.82. The molecule has 2 heterocycles. The van der Waals surface area contributed by atoms with Gasteiger partial charge in [0.25, 0.3) is 11.8 Å². The Balaban J connectivity index is 1.16. The smallest absolute Gasteiger partial charge is 0.269 e. The van der Waals surface area contributed by atoms with E-state index in [2.05, 4.69) is 66.6 Å². The van der Waals surface area contributed by atoms with Crippen LogP contribution in [0.25, 0.3) is 21.8 Å². The Bertz CT molecular complexity index is 2400. The Morgan fingerprint density at radius 1 is 0.593 bits per heavy atom. The van der Waals surface area contributed by atoms with Crippen molar-refractivity contribution in [1.82, 2.24) is 31.7 Å². The molecule has 0 radical (unpaired) electrons. The molecular weight excluding hydrogens is 760 g/mol. The van der Waals surface area contributed by atoms with Gasteiger partial charge in [-0.05, 0) is 109 Å². The van der Waals surface area contributed by atoms with E-state index in [1.54, 1.807) is 36.4 Å². The van der Waals surface area contributed by atoms with E-state index in [9.17, 15) is 9.59 Å². The first-order chi connectivity index (χ1) is 26.1. The van der Waals surface area contributed by atoms with Crippen molar-refractivity contribution in [2.75, 3.05) is 10.6 Å². The zero-order valence-electron chi connectivity index (χ0n) is 28.5. The number of H-pyrrole nitrogens is 2. The lowest BCUT2D eigenvalue weighted by Gasteiger charge is -2.18. The topological polar surface area (TPSA) is 138 Å². The Morgan fingerprint density at radius 3 is 1.48 bits per heavy atom. The van der Waals surface area contributed by atoms with Crippen molar-refractivity contribution in [1.29, 1.82) is 0 Å². The molecular formula is C40H32Cl2N8O2S2. The number of fused-ring (bicyclic) bond motifs is 2. The van der Waals surface area contributed by atoms with Crippen LogP contribution in [0.3, 0.4) is 0 Å². The second kappa shape index (κ2) is 16.0. The van der Waals surface area contributed by atoms with Crippen LogP contribution in [0.4, 0.5) is 11.4 Å². The van der Waals surface area contributed by atoms with Crippen LogP contribution in [-0.2, 0) is 0 Å². The number of aromatic amines is 2. The number of amides is 2. The van der Waals surface area contributed by atoms with E-state index >= 15 is 0 Å². The van der Waals surface area contributed by atoms with Gasteiger partial charge in [-0.2, -0.15) is 0 Å². The molecule has 0 aliphatic heterocycles. The number of carbonyl (C=O) groups is 2. The molecule has 7 aromatic rings. The molecule has 0 fully saturated rings. The molecule has 54 heavy (non-hydrogen) atoms. The van der Waals surface area contributed by atoms with Gasteiger partial charge in [0, 0.05) is 51.2 Å². The average molecular weight is 792 g/mol. The molecule has 2 amide bonds. The van der Waals surface area contributed by atoms with Gasteiger partial charge in [-0.1, -0.05) is 77.3 Å². The summed E-state index contributed by atoms with van der Waals surface area (Å²) in [5.41, 5.74) is 18.7. The number of halogens is 2. The third-order valence-corrected chi connectivity index (χ3v) is 9.88. The van der Waals surface area contributed by atoms with Crippen LogP contribution in [0.1, 0.15) is 48.9 Å². The summed E-state index contributed by atoms with van der Waals surface area (Å²) in [5, 5.41) is 9.02. The number of hydrazine groups is 2. The maximum atomic E-state index is 13.4. The Morgan fingerprint density at radius 2 is 1.04 bits per heavy atom. The minimum absolute atomic E-state index is 0.180. The number of aromatic nitrogens is 2. The van der Waals surface area contributed by atoms with Gasteiger partial charge >= 0.3 is 0 Å². The number of nitrogens with one attached hydrogen (secondary N) is 8. The van der Waals surface area contributed by atoms with Gasteiger partial charge < -0.3 is 20.6 Å². The van der Waals surface area contributed by atoms with Gasteiger partial charge in [0.15, 0.2) is 10.2 Å². The minimum atomic E-state index is -0.378. The van der Waals surface area contributed by atoms with Gasteiger partial charge in [-0.3, -0.25) is 31.3 Å². The molecule has 0 unspecified atom stereocenters. The number of thiocarbonyl (C=S) groups is 2. The van der Waals surface area contributed by atoms with E-state index in [1.807, 2.05) is 67.8 Å². The van der Waals surface area contributed by atoms with E-state index in [-0.39, 0.29) is 28.0 Å². The monoisotopic (exact) mass is 790 g/mol. The largest absolute Gasteiger partial charge is 0.361 e. The summed E-state index contributed by atoms with van der Waals surface area (Å²) in [6.45, 7) is 2.04. The lowest BCUT2D eigenvalue weighted by molar-refractivity contribution is 0.0936. The zero-order chi connectivity index (χ0) is 37.8. The molecule has 0 atom stereocenters. The molecule has 14 heteroatoms. The number of rotatable bonds is 7. The van der Waals surface area contributed by atoms with Gasteiger partial charge in [0.1, 0.15) is 0 Å². The number of anilines is 2. The number of para-hydroxylation sites is 2. The van der Waals surface area contributed by atoms with Crippen LogP contribution >= 0.6 is 47.6 Å². The highest BCUT2D eigenvalue weighted by Gasteiger charge is 2.25. The van der Waals surface area contributed by atoms with Crippen LogP contribution in [-0.4, -0.2) is 32.0 Å². The molecule has 10 nitrogen and oxygen atoms in total. The van der Waals surface area contributed by atoms with E-state index in [1.165, 1.54) is 0 Å². The van der Waals surface area contributed by atoms with E-state index in [0.717, 1.165) is 44.1 Å². The van der Waals surface area contributed by atoms with Crippen LogP contribution < -0.4 is 32.3 Å². The predicted molar refractivity (Wildman–Crippen MR) is 225 cm³/mol. The van der Waals surface area contributed by atoms with Gasteiger partial charge in [-0.25, -0.2) is 0 Å². The first kappa shape index (κ1) is 36.4. The van der Waals surface area contributed by atoms with Crippen LogP contribution in [0, 0.1) is 6.92 Å². The average Bonchev–Trinajstić information content (AvgIpc) is 3.79. The quantitative estimate of drug-likeness (QED) is 0.0593. The van der Waals surface area contributed by atoms with Gasteiger partial charge in [-0.15, -0.1) is 0 Å². The van der Waals surface area contributed by atoms with E-state index in [4.69, 9.17) is 47.6 Å². The van der Waals surface area contributed by atoms with Crippen LogP contribution in [0.2, 0.25) is 10.0 Å². The summed E-state index contributed by atoms with van der Waals surface area (Å²) in [6, 6.07) is 33.6. The predicted octanol–water partition coefficient (Wildman–Crippen LogP) is 8.71. The molecule has 2 aromatic heterocycles. The fourth-order valence-electron chi connectivity index (χ4n) is 6.13. The number of hydrogen-bond donors (Lipinski definition) is 8. The molecule has 0 saturated heterocycles. The number of aryl methyl sites for hydroxylation is 1.